The van der Waals surface area contributed by atoms with Crippen molar-refractivity contribution in [1.29, 1.82) is 0 Å². The maximum absolute atomic E-state index is 11.0. The maximum atomic E-state index is 11.0. The minimum atomic E-state index is -0.780. The standard InChI is InChI=1S/C13H19NO2S/c1-3-8-14-12(13(15)16)9-17-11-6-4-10(2)5-7-11/h4-7,12,14H,3,8-9H2,1-2H3,(H,15,16). The molecule has 0 aliphatic rings. The second-order valence-electron chi connectivity index (χ2n) is 3.97. The Morgan fingerprint density at radius 1 is 1.41 bits per heavy atom. The molecule has 1 atom stereocenters. The van der Waals surface area contributed by atoms with E-state index in [4.69, 9.17) is 5.11 Å². The van der Waals surface area contributed by atoms with E-state index in [1.807, 2.05) is 38.1 Å². The highest BCUT2D eigenvalue weighted by atomic mass is 32.2. The predicted octanol–water partition coefficient (Wildman–Crippen LogP) is 2.54. The molecule has 0 bridgehead atoms. The van der Waals surface area contributed by atoms with Gasteiger partial charge in [0.2, 0.25) is 0 Å². The number of aliphatic carboxylic acids is 1. The van der Waals surface area contributed by atoms with Gasteiger partial charge >= 0.3 is 5.97 Å². The third-order valence-corrected chi connectivity index (χ3v) is 3.48. The molecule has 94 valence electrons. The van der Waals surface area contributed by atoms with E-state index in [0.29, 0.717) is 5.75 Å². The molecule has 0 heterocycles. The molecular formula is C13H19NO2S. The second kappa shape index (κ2) is 7.35. The van der Waals surface area contributed by atoms with Crippen LogP contribution in [0.3, 0.4) is 0 Å². The third kappa shape index (κ3) is 5.24. The van der Waals surface area contributed by atoms with Crippen LogP contribution in [-0.2, 0) is 4.79 Å². The molecule has 1 unspecified atom stereocenters. The van der Waals surface area contributed by atoms with Gasteiger partial charge in [-0.3, -0.25) is 4.79 Å². The van der Waals surface area contributed by atoms with E-state index in [1.165, 1.54) is 5.56 Å². The molecule has 1 rings (SSSR count). The van der Waals surface area contributed by atoms with E-state index in [2.05, 4.69) is 5.32 Å². The van der Waals surface area contributed by atoms with Gasteiger partial charge in [0.25, 0.3) is 0 Å². The van der Waals surface area contributed by atoms with Crippen LogP contribution >= 0.6 is 11.8 Å². The average Bonchev–Trinajstić information content (AvgIpc) is 2.31. The zero-order valence-corrected chi connectivity index (χ0v) is 11.1. The summed E-state index contributed by atoms with van der Waals surface area (Å²) >= 11 is 1.57. The normalized spacial score (nSPS) is 12.4. The van der Waals surface area contributed by atoms with Crippen LogP contribution in [0.4, 0.5) is 0 Å². The van der Waals surface area contributed by atoms with Gasteiger partial charge in [0.1, 0.15) is 6.04 Å². The minimum Gasteiger partial charge on any atom is -0.480 e. The Kier molecular flexibility index (Phi) is 6.08. The van der Waals surface area contributed by atoms with Crippen molar-refractivity contribution >= 4 is 17.7 Å². The van der Waals surface area contributed by atoms with Crippen LogP contribution in [0.25, 0.3) is 0 Å². The number of thioether (sulfide) groups is 1. The van der Waals surface area contributed by atoms with E-state index in [1.54, 1.807) is 11.8 Å². The molecule has 4 heteroatoms. The summed E-state index contributed by atoms with van der Waals surface area (Å²) in [6, 6.07) is 7.66. The molecule has 0 aromatic heterocycles. The van der Waals surface area contributed by atoms with Crippen LogP contribution in [0.15, 0.2) is 29.2 Å². The number of benzene rings is 1. The van der Waals surface area contributed by atoms with Crippen molar-refractivity contribution in [3.63, 3.8) is 0 Å². The Hall–Kier alpha value is -1.00. The topological polar surface area (TPSA) is 49.3 Å². The molecule has 1 aromatic carbocycles. The SMILES string of the molecule is CCCNC(CSc1ccc(C)cc1)C(=O)O. The third-order valence-electron chi connectivity index (χ3n) is 2.38. The van der Waals surface area contributed by atoms with E-state index in [-0.39, 0.29) is 0 Å². The molecule has 0 radical (unpaired) electrons. The van der Waals surface area contributed by atoms with Crippen LogP contribution < -0.4 is 5.32 Å². The first-order valence-corrected chi connectivity index (χ1v) is 6.77. The number of carboxylic acid groups (broad SMARTS) is 1. The number of hydrogen-bond donors (Lipinski definition) is 2. The molecule has 0 amide bonds. The van der Waals surface area contributed by atoms with Crippen molar-refractivity contribution in [2.24, 2.45) is 0 Å². The summed E-state index contributed by atoms with van der Waals surface area (Å²) < 4.78 is 0. The summed E-state index contributed by atoms with van der Waals surface area (Å²) in [5, 5.41) is 12.1. The summed E-state index contributed by atoms with van der Waals surface area (Å²) in [5.74, 6) is -0.226. The molecule has 0 saturated carbocycles. The Morgan fingerprint density at radius 3 is 2.59 bits per heavy atom. The van der Waals surface area contributed by atoms with Gasteiger partial charge in [0.15, 0.2) is 0 Å². The Balaban J connectivity index is 2.45. The number of carbonyl (C=O) groups is 1. The zero-order valence-electron chi connectivity index (χ0n) is 10.3. The largest absolute Gasteiger partial charge is 0.480 e. The average molecular weight is 253 g/mol. The molecule has 0 saturated heterocycles. The molecular weight excluding hydrogens is 234 g/mol. The molecule has 0 fully saturated rings. The molecule has 3 nitrogen and oxygen atoms in total. The van der Waals surface area contributed by atoms with Gasteiger partial charge in [-0.25, -0.2) is 0 Å². The lowest BCUT2D eigenvalue weighted by Crippen LogP contribution is -2.39. The lowest BCUT2D eigenvalue weighted by Gasteiger charge is -2.13. The first-order valence-electron chi connectivity index (χ1n) is 5.79. The Labute approximate surface area is 107 Å². The Morgan fingerprint density at radius 2 is 2.06 bits per heavy atom. The van der Waals surface area contributed by atoms with Crippen LogP contribution in [0.5, 0.6) is 0 Å². The van der Waals surface area contributed by atoms with Crippen LogP contribution in [0.2, 0.25) is 0 Å². The van der Waals surface area contributed by atoms with E-state index in [0.717, 1.165) is 17.9 Å². The van der Waals surface area contributed by atoms with Crippen molar-refractivity contribution in [3.05, 3.63) is 29.8 Å². The first kappa shape index (κ1) is 14.1. The number of rotatable bonds is 7. The van der Waals surface area contributed by atoms with Gasteiger partial charge in [0, 0.05) is 10.6 Å². The summed E-state index contributed by atoms with van der Waals surface area (Å²) in [7, 11) is 0. The van der Waals surface area contributed by atoms with E-state index >= 15 is 0 Å². The number of aryl methyl sites for hydroxylation is 1. The highest BCUT2D eigenvalue weighted by molar-refractivity contribution is 7.99. The fourth-order valence-electron chi connectivity index (χ4n) is 1.35. The van der Waals surface area contributed by atoms with E-state index in [9.17, 15) is 4.79 Å². The summed E-state index contributed by atoms with van der Waals surface area (Å²) in [4.78, 5) is 12.1. The van der Waals surface area contributed by atoms with Crippen molar-refractivity contribution in [2.75, 3.05) is 12.3 Å². The van der Waals surface area contributed by atoms with Gasteiger partial charge in [0.05, 0.1) is 0 Å². The van der Waals surface area contributed by atoms with E-state index < -0.39 is 12.0 Å². The van der Waals surface area contributed by atoms with Gasteiger partial charge in [-0.2, -0.15) is 0 Å². The zero-order chi connectivity index (χ0) is 12.7. The maximum Gasteiger partial charge on any atom is 0.321 e. The van der Waals surface area contributed by atoms with Crippen LogP contribution in [-0.4, -0.2) is 29.4 Å². The van der Waals surface area contributed by atoms with Gasteiger partial charge in [-0.05, 0) is 32.0 Å². The smallest absolute Gasteiger partial charge is 0.321 e. The Bertz CT molecular complexity index is 351. The molecule has 17 heavy (non-hydrogen) atoms. The van der Waals surface area contributed by atoms with Crippen molar-refractivity contribution < 1.29 is 9.90 Å². The highest BCUT2D eigenvalue weighted by Crippen LogP contribution is 2.19. The lowest BCUT2D eigenvalue weighted by molar-refractivity contribution is -0.138. The molecule has 1 aromatic rings. The van der Waals surface area contributed by atoms with Gasteiger partial charge in [-0.1, -0.05) is 24.6 Å². The number of nitrogens with one attached hydrogen (secondary N) is 1. The minimum absolute atomic E-state index is 0.471. The second-order valence-corrected chi connectivity index (χ2v) is 5.06. The van der Waals surface area contributed by atoms with Gasteiger partial charge in [-0.15, -0.1) is 11.8 Å². The molecule has 0 aliphatic carbocycles. The fraction of sp³-hybridized carbons (Fsp3) is 0.462. The lowest BCUT2D eigenvalue weighted by atomic mass is 10.2. The summed E-state index contributed by atoms with van der Waals surface area (Å²) in [5.41, 5.74) is 1.22. The van der Waals surface area contributed by atoms with Crippen molar-refractivity contribution in [2.45, 2.75) is 31.2 Å². The molecule has 2 N–H and O–H groups in total. The molecule has 0 spiro atoms. The number of carboxylic acids is 1. The summed E-state index contributed by atoms with van der Waals surface area (Å²) in [6.45, 7) is 4.81. The first-order chi connectivity index (χ1) is 8.13. The monoisotopic (exact) mass is 253 g/mol. The predicted molar refractivity (Wildman–Crippen MR) is 71.6 cm³/mol. The van der Waals surface area contributed by atoms with Crippen LogP contribution in [0, 0.1) is 6.92 Å². The molecule has 0 aliphatic heterocycles. The highest BCUT2D eigenvalue weighted by Gasteiger charge is 2.16. The fourth-order valence-corrected chi connectivity index (χ4v) is 2.30. The van der Waals surface area contributed by atoms with Crippen LogP contribution in [0.1, 0.15) is 18.9 Å². The quantitative estimate of drug-likeness (QED) is 0.733. The van der Waals surface area contributed by atoms with Crippen molar-refractivity contribution in [3.8, 4) is 0 Å². The number of hydrogen-bond acceptors (Lipinski definition) is 3. The summed E-state index contributed by atoms with van der Waals surface area (Å²) in [6.07, 6.45) is 0.943. The van der Waals surface area contributed by atoms with Gasteiger partial charge < -0.3 is 10.4 Å². The van der Waals surface area contributed by atoms with Crippen molar-refractivity contribution in [1.82, 2.24) is 5.32 Å².